The van der Waals surface area contributed by atoms with E-state index in [1.807, 2.05) is 13.8 Å². The third kappa shape index (κ3) is 2.59. The van der Waals surface area contributed by atoms with Crippen LogP contribution in [0.3, 0.4) is 0 Å². The molecule has 6 heteroatoms. The highest BCUT2D eigenvalue weighted by Crippen LogP contribution is 2.48. The van der Waals surface area contributed by atoms with Crippen molar-refractivity contribution in [2.24, 2.45) is 17.8 Å². The second kappa shape index (κ2) is 6.03. The van der Waals surface area contributed by atoms with Crippen molar-refractivity contribution < 1.29 is 23.9 Å². The highest BCUT2D eigenvalue weighted by Gasteiger charge is 2.55. The lowest BCUT2D eigenvalue weighted by molar-refractivity contribution is -0.152. The molecule has 0 aromatic rings. The average molecular weight is 353 g/mol. The highest BCUT2D eigenvalue weighted by atomic mass is 35.5. The Hall–Kier alpha value is -1.62. The predicted molar refractivity (Wildman–Crippen MR) is 87.3 cm³/mol. The number of ketones is 1. The van der Waals surface area contributed by atoms with Gasteiger partial charge in [0, 0.05) is 23.8 Å². The highest BCUT2D eigenvalue weighted by molar-refractivity contribution is 6.29. The summed E-state index contributed by atoms with van der Waals surface area (Å²) in [6, 6.07) is 0. The van der Waals surface area contributed by atoms with Crippen molar-refractivity contribution in [3.8, 4) is 0 Å². The summed E-state index contributed by atoms with van der Waals surface area (Å²) in [5, 5.41) is -0.768. The number of carbonyl (C=O) groups excluding carboxylic acids is 3. The van der Waals surface area contributed by atoms with Crippen molar-refractivity contribution in [2.75, 3.05) is 0 Å². The quantitative estimate of drug-likeness (QED) is 0.564. The Morgan fingerprint density at radius 1 is 1.38 bits per heavy atom. The van der Waals surface area contributed by atoms with Gasteiger partial charge < -0.3 is 9.47 Å². The maximum absolute atomic E-state index is 12.4. The van der Waals surface area contributed by atoms with Crippen molar-refractivity contribution in [1.29, 1.82) is 0 Å². The fourth-order valence-corrected chi connectivity index (χ4v) is 4.20. The average Bonchev–Trinajstić information content (AvgIpc) is 2.89. The normalized spacial score (nSPS) is 36.5. The van der Waals surface area contributed by atoms with E-state index in [0.717, 1.165) is 11.1 Å². The molecule has 1 heterocycles. The summed E-state index contributed by atoms with van der Waals surface area (Å²) >= 11 is 5.83. The van der Waals surface area contributed by atoms with Crippen LogP contribution in [0.4, 0.5) is 0 Å². The Morgan fingerprint density at radius 2 is 2.04 bits per heavy atom. The van der Waals surface area contributed by atoms with Gasteiger partial charge >= 0.3 is 11.9 Å². The molecular formula is C18H21ClO5. The smallest absolute Gasteiger partial charge is 0.324 e. The molecule has 1 aliphatic heterocycles. The van der Waals surface area contributed by atoms with Gasteiger partial charge in [-0.25, -0.2) is 0 Å². The van der Waals surface area contributed by atoms with Gasteiger partial charge in [0.05, 0.1) is 5.92 Å². The summed E-state index contributed by atoms with van der Waals surface area (Å²) in [4.78, 5) is 36.5. The molecule has 24 heavy (non-hydrogen) atoms. The summed E-state index contributed by atoms with van der Waals surface area (Å²) in [7, 11) is 0. The van der Waals surface area contributed by atoms with Crippen LogP contribution in [0.15, 0.2) is 22.8 Å². The third-order valence-electron chi connectivity index (χ3n) is 5.32. The van der Waals surface area contributed by atoms with E-state index < -0.39 is 29.5 Å². The molecule has 3 rings (SSSR count). The molecule has 0 aromatic heterocycles. The van der Waals surface area contributed by atoms with E-state index in [9.17, 15) is 14.4 Å². The molecule has 2 aliphatic carbocycles. The number of halogens is 1. The molecule has 0 unspecified atom stereocenters. The van der Waals surface area contributed by atoms with Gasteiger partial charge in [-0.2, -0.15) is 0 Å². The van der Waals surface area contributed by atoms with Crippen LogP contribution in [0.25, 0.3) is 0 Å². The van der Waals surface area contributed by atoms with Gasteiger partial charge in [-0.3, -0.25) is 14.4 Å². The van der Waals surface area contributed by atoms with Crippen LogP contribution in [0, 0.1) is 17.8 Å². The maximum Gasteiger partial charge on any atom is 0.324 e. The molecule has 6 atom stereocenters. The van der Waals surface area contributed by atoms with Crippen LogP contribution in [0.2, 0.25) is 0 Å². The molecule has 1 saturated heterocycles. The lowest BCUT2D eigenvalue weighted by atomic mass is 9.79. The largest absolute Gasteiger partial charge is 0.461 e. The van der Waals surface area contributed by atoms with Crippen LogP contribution in [0.1, 0.15) is 34.1 Å². The number of esters is 2. The minimum atomic E-state index is -0.768. The fraction of sp³-hybridized carbons (Fsp3) is 0.611. The van der Waals surface area contributed by atoms with E-state index in [0.29, 0.717) is 12.0 Å². The van der Waals surface area contributed by atoms with E-state index >= 15 is 0 Å². The predicted octanol–water partition coefficient (Wildman–Crippen LogP) is 2.57. The van der Waals surface area contributed by atoms with Gasteiger partial charge in [0.25, 0.3) is 0 Å². The summed E-state index contributed by atoms with van der Waals surface area (Å²) in [5.74, 6) is -1.79. The van der Waals surface area contributed by atoms with E-state index in [-0.39, 0.29) is 23.6 Å². The van der Waals surface area contributed by atoms with Crippen molar-refractivity contribution in [3.63, 3.8) is 0 Å². The first-order valence-electron chi connectivity index (χ1n) is 8.19. The number of carbonyl (C=O) groups is 3. The molecule has 130 valence electrons. The summed E-state index contributed by atoms with van der Waals surface area (Å²) in [5.41, 5.74) is 2.46. The molecular weight excluding hydrogens is 332 g/mol. The Kier molecular flexibility index (Phi) is 4.32. The second-order valence-corrected chi connectivity index (χ2v) is 7.64. The zero-order valence-corrected chi connectivity index (χ0v) is 14.9. The summed E-state index contributed by atoms with van der Waals surface area (Å²) in [6.07, 6.45) is 1.02. The molecule has 1 fully saturated rings. The summed E-state index contributed by atoms with van der Waals surface area (Å²) < 4.78 is 11.2. The van der Waals surface area contributed by atoms with Crippen LogP contribution in [0.5, 0.6) is 0 Å². The van der Waals surface area contributed by atoms with Crippen molar-refractivity contribution in [1.82, 2.24) is 0 Å². The van der Waals surface area contributed by atoms with E-state index in [1.54, 1.807) is 19.9 Å². The number of hydrogen-bond donors (Lipinski definition) is 0. The zero-order chi connectivity index (χ0) is 17.8. The third-order valence-corrected chi connectivity index (χ3v) is 5.50. The first-order valence-corrected chi connectivity index (χ1v) is 8.63. The minimum Gasteiger partial charge on any atom is -0.461 e. The first kappa shape index (κ1) is 17.2. The van der Waals surface area contributed by atoms with Crippen LogP contribution < -0.4 is 0 Å². The Labute approximate surface area is 146 Å². The summed E-state index contributed by atoms with van der Waals surface area (Å²) in [6.45, 7) is 7.09. The van der Waals surface area contributed by atoms with Crippen LogP contribution in [-0.4, -0.2) is 35.3 Å². The number of ether oxygens (including phenoxy) is 2. The Bertz CT molecular complexity index is 675. The first-order chi connectivity index (χ1) is 11.2. The van der Waals surface area contributed by atoms with Crippen LogP contribution >= 0.6 is 11.6 Å². The molecule has 0 spiro atoms. The van der Waals surface area contributed by atoms with Gasteiger partial charge in [0.15, 0.2) is 5.78 Å². The van der Waals surface area contributed by atoms with E-state index in [2.05, 4.69) is 0 Å². The monoisotopic (exact) mass is 352 g/mol. The molecule has 0 amide bonds. The maximum atomic E-state index is 12.4. The van der Waals surface area contributed by atoms with Gasteiger partial charge in [-0.15, -0.1) is 11.6 Å². The van der Waals surface area contributed by atoms with Crippen LogP contribution in [-0.2, 0) is 23.9 Å². The second-order valence-electron chi connectivity index (χ2n) is 6.99. The molecule has 0 radical (unpaired) electrons. The minimum absolute atomic E-state index is 0.0398. The number of hydrogen-bond acceptors (Lipinski definition) is 5. The molecule has 0 N–H and O–H groups in total. The van der Waals surface area contributed by atoms with Crippen molar-refractivity contribution in [3.05, 3.63) is 22.8 Å². The van der Waals surface area contributed by atoms with Crippen molar-refractivity contribution >= 4 is 29.3 Å². The molecule has 3 aliphatic rings. The lowest BCUT2D eigenvalue weighted by Crippen LogP contribution is -2.38. The zero-order valence-electron chi connectivity index (χ0n) is 14.2. The van der Waals surface area contributed by atoms with Gasteiger partial charge in [-0.1, -0.05) is 18.1 Å². The fourth-order valence-electron chi connectivity index (χ4n) is 4.15. The molecule has 0 bridgehead atoms. The number of rotatable bonds is 2. The standard InChI is InChI=1S/C18H21ClO5/c1-7-5-11(20)13-8(2)6-12(23-18(22)10(4)19)15-9(3)17(21)24-16(15)14(7)13/h5,9-10,12,14-16H,6H2,1-4H3/t9-,10-,12-,14+,15-,16+/m1/s1. The van der Waals surface area contributed by atoms with Gasteiger partial charge in [0.2, 0.25) is 0 Å². The Morgan fingerprint density at radius 3 is 2.67 bits per heavy atom. The topological polar surface area (TPSA) is 69.7 Å². The Balaban J connectivity index is 2.03. The SMILES string of the molecule is CC1=CC(=O)C2=C(C)C[C@@H](OC(=O)[C@@H](C)Cl)[C@@H]3[C@@H](OC(=O)[C@@H]3C)[C@@H]12. The number of fused-ring (bicyclic) bond motifs is 3. The van der Waals surface area contributed by atoms with E-state index in [4.69, 9.17) is 21.1 Å². The van der Waals surface area contributed by atoms with Gasteiger partial charge in [0.1, 0.15) is 17.6 Å². The number of alkyl halides is 1. The van der Waals surface area contributed by atoms with Crippen molar-refractivity contribution in [2.45, 2.75) is 51.7 Å². The number of allylic oxidation sites excluding steroid dienone is 1. The lowest BCUT2D eigenvalue weighted by Gasteiger charge is -2.29. The van der Waals surface area contributed by atoms with Gasteiger partial charge in [-0.05, 0) is 26.8 Å². The molecule has 0 aromatic carbocycles. The molecule has 0 saturated carbocycles. The van der Waals surface area contributed by atoms with E-state index in [1.165, 1.54) is 0 Å². The molecule has 5 nitrogen and oxygen atoms in total.